The Balaban J connectivity index is 2.59. The number of anilines is 2. The van der Waals surface area contributed by atoms with Gasteiger partial charge in [-0.25, -0.2) is 4.98 Å². The lowest BCUT2D eigenvalue weighted by atomic mass is 10.4. The fourth-order valence-corrected chi connectivity index (χ4v) is 1.95. The first-order valence-corrected chi connectivity index (χ1v) is 6.17. The molecule has 0 aromatic carbocycles. The Kier molecular flexibility index (Phi) is 5.97. The van der Waals surface area contributed by atoms with E-state index in [0.717, 1.165) is 0 Å². The molecule has 98 valence electrons. The molecule has 0 unspecified atom stereocenters. The van der Waals surface area contributed by atoms with Gasteiger partial charge >= 0.3 is 0 Å². The third-order valence-corrected chi connectivity index (χ3v) is 2.98. The first-order chi connectivity index (χ1) is 8.69. The van der Waals surface area contributed by atoms with Crippen LogP contribution in [-0.2, 0) is 4.74 Å². The van der Waals surface area contributed by atoms with E-state index in [2.05, 4.69) is 27.5 Å². The molecule has 0 saturated heterocycles. The van der Waals surface area contributed by atoms with Gasteiger partial charge in [-0.2, -0.15) is 0 Å². The first-order valence-electron chi connectivity index (χ1n) is 5.36. The van der Waals surface area contributed by atoms with E-state index < -0.39 is 0 Å². The molecule has 6 nitrogen and oxygen atoms in total. The normalized spacial score (nSPS) is 9.44. The smallest absolute Gasteiger partial charge is 0.266 e. The summed E-state index contributed by atoms with van der Waals surface area (Å²) in [4.78, 5) is 16.2. The minimum Gasteiger partial charge on any atom is -0.383 e. The molecule has 0 radical (unpaired) electrons. The van der Waals surface area contributed by atoms with E-state index >= 15 is 0 Å². The highest BCUT2D eigenvalue weighted by Crippen LogP contribution is 2.24. The van der Waals surface area contributed by atoms with Crippen LogP contribution in [0, 0.1) is 11.8 Å². The molecule has 1 rings (SSSR count). The Hall–Kier alpha value is -1.78. The predicted octanol–water partition coefficient (Wildman–Crippen LogP) is 0.537. The SMILES string of the molecule is CC#CCNC(=O)c1sc(NCCOC)nc1N. The third kappa shape index (κ3) is 4.24. The van der Waals surface area contributed by atoms with Crippen LogP contribution in [0.15, 0.2) is 0 Å². The summed E-state index contributed by atoms with van der Waals surface area (Å²) in [5, 5.41) is 6.28. The van der Waals surface area contributed by atoms with Gasteiger partial charge < -0.3 is 21.1 Å². The van der Waals surface area contributed by atoms with Crippen LogP contribution in [0.5, 0.6) is 0 Å². The molecule has 1 aromatic rings. The zero-order valence-corrected chi connectivity index (χ0v) is 11.2. The van der Waals surface area contributed by atoms with Crippen molar-refractivity contribution in [3.8, 4) is 11.8 Å². The lowest BCUT2D eigenvalue weighted by Gasteiger charge is -1.99. The number of amides is 1. The predicted molar refractivity (Wildman–Crippen MR) is 72.7 cm³/mol. The topological polar surface area (TPSA) is 89.3 Å². The molecule has 0 aliphatic heterocycles. The number of carbonyl (C=O) groups is 1. The number of nitrogen functional groups attached to an aromatic ring is 1. The summed E-state index contributed by atoms with van der Waals surface area (Å²) < 4.78 is 4.90. The van der Waals surface area contributed by atoms with Crippen molar-refractivity contribution in [1.82, 2.24) is 10.3 Å². The number of nitrogens with zero attached hydrogens (tertiary/aromatic N) is 1. The number of aromatic nitrogens is 1. The molecule has 0 fully saturated rings. The van der Waals surface area contributed by atoms with E-state index in [-0.39, 0.29) is 11.7 Å². The minimum atomic E-state index is -0.257. The molecule has 1 aromatic heterocycles. The number of rotatable bonds is 6. The molecule has 0 atom stereocenters. The van der Waals surface area contributed by atoms with Crippen molar-refractivity contribution in [3.05, 3.63) is 4.88 Å². The summed E-state index contributed by atoms with van der Waals surface area (Å²) in [5.41, 5.74) is 5.68. The number of nitrogens with one attached hydrogen (secondary N) is 2. The second-order valence-electron chi connectivity index (χ2n) is 3.26. The van der Waals surface area contributed by atoms with Crippen LogP contribution in [0.3, 0.4) is 0 Å². The summed E-state index contributed by atoms with van der Waals surface area (Å²) in [6.07, 6.45) is 0. The van der Waals surface area contributed by atoms with Crippen LogP contribution in [0.4, 0.5) is 10.9 Å². The Morgan fingerprint density at radius 3 is 3.06 bits per heavy atom. The highest BCUT2D eigenvalue weighted by Gasteiger charge is 2.15. The molecule has 0 bridgehead atoms. The molecular formula is C11H16N4O2S. The van der Waals surface area contributed by atoms with Gasteiger partial charge in [0.2, 0.25) is 0 Å². The van der Waals surface area contributed by atoms with Gasteiger partial charge in [0.05, 0.1) is 13.2 Å². The van der Waals surface area contributed by atoms with Crippen molar-refractivity contribution in [2.45, 2.75) is 6.92 Å². The maximum absolute atomic E-state index is 11.7. The van der Waals surface area contributed by atoms with Gasteiger partial charge in [0.1, 0.15) is 10.7 Å². The lowest BCUT2D eigenvalue weighted by Crippen LogP contribution is -2.23. The molecule has 7 heteroatoms. The second kappa shape index (κ2) is 7.53. The van der Waals surface area contributed by atoms with Crippen LogP contribution in [0.25, 0.3) is 0 Å². The van der Waals surface area contributed by atoms with E-state index in [0.29, 0.717) is 29.7 Å². The third-order valence-electron chi connectivity index (χ3n) is 1.96. The zero-order chi connectivity index (χ0) is 13.4. The van der Waals surface area contributed by atoms with Crippen molar-refractivity contribution in [2.75, 3.05) is 37.9 Å². The molecular weight excluding hydrogens is 252 g/mol. The molecule has 4 N–H and O–H groups in total. The van der Waals surface area contributed by atoms with Gasteiger partial charge in [0.25, 0.3) is 5.91 Å². The quantitative estimate of drug-likeness (QED) is 0.517. The van der Waals surface area contributed by atoms with Crippen molar-refractivity contribution in [3.63, 3.8) is 0 Å². The summed E-state index contributed by atoms with van der Waals surface area (Å²) >= 11 is 1.21. The highest BCUT2D eigenvalue weighted by atomic mass is 32.1. The average molecular weight is 268 g/mol. The standard InChI is InChI=1S/C11H16N4O2S/c1-3-4-5-13-10(16)8-9(12)15-11(18-8)14-6-7-17-2/h5-7,12H2,1-2H3,(H,13,16)(H,14,15). The van der Waals surface area contributed by atoms with E-state index in [9.17, 15) is 4.79 Å². The molecule has 1 amide bonds. The molecule has 18 heavy (non-hydrogen) atoms. The van der Waals surface area contributed by atoms with E-state index in [1.165, 1.54) is 11.3 Å². The van der Waals surface area contributed by atoms with Crippen molar-refractivity contribution >= 4 is 28.2 Å². The molecule has 0 aliphatic rings. The Labute approximate surface area is 110 Å². The van der Waals surface area contributed by atoms with Crippen molar-refractivity contribution < 1.29 is 9.53 Å². The number of hydrogen-bond acceptors (Lipinski definition) is 6. The van der Waals surface area contributed by atoms with Gasteiger partial charge in [-0.15, -0.1) is 5.92 Å². The molecule has 1 heterocycles. The Morgan fingerprint density at radius 1 is 1.61 bits per heavy atom. The van der Waals surface area contributed by atoms with Crippen LogP contribution in [0.2, 0.25) is 0 Å². The van der Waals surface area contributed by atoms with Crippen LogP contribution >= 0.6 is 11.3 Å². The summed E-state index contributed by atoms with van der Waals surface area (Å²) in [6, 6.07) is 0. The second-order valence-corrected chi connectivity index (χ2v) is 4.26. The highest BCUT2D eigenvalue weighted by molar-refractivity contribution is 7.18. The molecule has 0 spiro atoms. The van der Waals surface area contributed by atoms with E-state index in [1.54, 1.807) is 14.0 Å². The van der Waals surface area contributed by atoms with Crippen LogP contribution in [-0.4, -0.2) is 37.7 Å². The zero-order valence-electron chi connectivity index (χ0n) is 10.4. The maximum atomic E-state index is 11.7. The first kappa shape index (κ1) is 14.3. The fourth-order valence-electron chi connectivity index (χ4n) is 1.12. The fraction of sp³-hybridized carbons (Fsp3) is 0.455. The minimum absolute atomic E-state index is 0.224. The Bertz CT molecular complexity index is 461. The molecule has 0 aliphatic carbocycles. The average Bonchev–Trinajstić information content (AvgIpc) is 2.71. The summed E-state index contributed by atoms with van der Waals surface area (Å²) in [6.45, 7) is 3.20. The number of ether oxygens (including phenoxy) is 1. The van der Waals surface area contributed by atoms with Crippen molar-refractivity contribution in [1.29, 1.82) is 0 Å². The summed E-state index contributed by atoms with van der Waals surface area (Å²) in [7, 11) is 1.62. The lowest BCUT2D eigenvalue weighted by molar-refractivity contribution is 0.0963. The van der Waals surface area contributed by atoms with Gasteiger partial charge in [0, 0.05) is 13.7 Å². The van der Waals surface area contributed by atoms with Crippen molar-refractivity contribution in [2.24, 2.45) is 0 Å². The number of nitrogens with two attached hydrogens (primary N) is 1. The number of carbonyl (C=O) groups excluding carboxylic acids is 1. The Morgan fingerprint density at radius 2 is 2.39 bits per heavy atom. The largest absolute Gasteiger partial charge is 0.383 e. The monoisotopic (exact) mass is 268 g/mol. The van der Waals surface area contributed by atoms with Crippen LogP contribution in [0.1, 0.15) is 16.6 Å². The van der Waals surface area contributed by atoms with Crippen LogP contribution < -0.4 is 16.4 Å². The van der Waals surface area contributed by atoms with E-state index in [4.69, 9.17) is 10.5 Å². The van der Waals surface area contributed by atoms with Gasteiger partial charge in [-0.1, -0.05) is 17.3 Å². The summed E-state index contributed by atoms with van der Waals surface area (Å²) in [5.74, 6) is 5.41. The number of hydrogen-bond donors (Lipinski definition) is 3. The number of methoxy groups -OCH3 is 1. The van der Waals surface area contributed by atoms with Gasteiger partial charge in [0.15, 0.2) is 5.13 Å². The molecule has 0 saturated carbocycles. The van der Waals surface area contributed by atoms with Gasteiger partial charge in [-0.05, 0) is 6.92 Å². The maximum Gasteiger partial charge on any atom is 0.266 e. The number of thiazole rings is 1. The van der Waals surface area contributed by atoms with Gasteiger partial charge in [-0.3, -0.25) is 4.79 Å². The van der Waals surface area contributed by atoms with E-state index in [1.807, 2.05) is 0 Å².